The van der Waals surface area contributed by atoms with Crippen LogP contribution in [0.2, 0.25) is 0 Å². The van der Waals surface area contributed by atoms with E-state index < -0.39 is 39.1 Å². The van der Waals surface area contributed by atoms with Gasteiger partial charge >= 0.3 is 28.0 Å². The molecule has 0 atom stereocenters. The zero-order valence-electron chi connectivity index (χ0n) is 31.6. The van der Waals surface area contributed by atoms with Gasteiger partial charge < -0.3 is 7.10 Å². The summed E-state index contributed by atoms with van der Waals surface area (Å²) in [5.74, 6) is 0. The van der Waals surface area contributed by atoms with Crippen LogP contribution >= 0.6 is 0 Å². The third-order valence-corrected chi connectivity index (χ3v) is 13.2. The lowest BCUT2D eigenvalue weighted by atomic mass is 9.99. The highest BCUT2D eigenvalue weighted by molar-refractivity contribution is 6.37. The molecule has 6 aromatic rings. The molecule has 10 rings (SSSR count). The lowest BCUT2D eigenvalue weighted by Gasteiger charge is -2.22. The maximum absolute atomic E-state index is 13.9. The van der Waals surface area contributed by atoms with Gasteiger partial charge in [0.15, 0.2) is 0 Å². The Balaban J connectivity index is 1.36. The van der Waals surface area contributed by atoms with Crippen LogP contribution in [0.3, 0.4) is 0 Å². The number of aromatic nitrogens is 2. The summed E-state index contributed by atoms with van der Waals surface area (Å²) in [6.45, 7) is 4.03. The van der Waals surface area contributed by atoms with Crippen LogP contribution in [0.25, 0.3) is 22.3 Å². The van der Waals surface area contributed by atoms with Gasteiger partial charge in [-0.2, -0.15) is 26.3 Å². The predicted octanol–water partition coefficient (Wildman–Crippen LogP) is 9.57. The van der Waals surface area contributed by atoms with Crippen LogP contribution in [0.1, 0.15) is 55.9 Å². The Kier molecular flexibility index (Phi) is 8.50. The van der Waals surface area contributed by atoms with E-state index in [-0.39, 0.29) is 0 Å². The van der Waals surface area contributed by atoms with Gasteiger partial charge in [-0.1, -0.05) is 83.9 Å². The Morgan fingerprint density at radius 2 is 0.763 bits per heavy atom. The van der Waals surface area contributed by atoms with Crippen LogP contribution in [-0.4, -0.2) is 34.2 Å². The third kappa shape index (κ3) is 6.33. The monoisotopic (exact) mass is 804 g/mol. The molecule has 4 nitrogen and oxygen atoms in total. The average molecular weight is 805 g/mol. The number of halogens is 6. The lowest BCUT2D eigenvalue weighted by molar-refractivity contribution is -0.138. The molecule has 0 spiro atoms. The van der Waals surface area contributed by atoms with E-state index in [1.54, 1.807) is 0 Å². The maximum atomic E-state index is 13.9. The second-order valence-corrected chi connectivity index (χ2v) is 16.6. The van der Waals surface area contributed by atoms with Gasteiger partial charge in [0, 0.05) is 44.4 Å². The van der Waals surface area contributed by atoms with Crippen molar-refractivity contribution in [3.05, 3.63) is 224 Å². The Morgan fingerprint density at radius 3 is 1.14 bits per heavy atom. The molecule has 6 heterocycles. The Morgan fingerprint density at radius 1 is 0.407 bits per heavy atom. The number of rotatable bonds is 4. The Bertz CT molecular complexity index is 3060. The molecule has 0 fully saturated rings. The molecule has 4 aliphatic rings. The highest BCUT2D eigenvalue weighted by Gasteiger charge is 2.33. The fourth-order valence-corrected chi connectivity index (χ4v) is 10.3. The Hall–Kier alpha value is -6.41. The SMILES string of the molecule is Cc1ccc(C2=C3C=CC(=N3)C(c3ccc(C(F)(F)F)cc3)=c3ccc4[n]3[AlH][n]3c(ccc32)C(c2ccc(C(F)(F)F)cc2)=C2C=CC(=N2)C=4c2ccc(C)cc2)cc1. The summed E-state index contributed by atoms with van der Waals surface area (Å²) in [5, 5.41) is 1.64. The van der Waals surface area contributed by atoms with E-state index in [1.807, 2.05) is 111 Å². The summed E-state index contributed by atoms with van der Waals surface area (Å²) < 4.78 is 87.8. The molecule has 6 bridgehead atoms. The summed E-state index contributed by atoms with van der Waals surface area (Å²) in [7, 11) is 0. The minimum atomic E-state index is -4.51. The number of aliphatic imine (C=N–C) groups is 2. The quantitative estimate of drug-likeness (QED) is 0.126. The molecule has 4 aromatic carbocycles. The minimum Gasteiger partial charge on any atom is -0.417 e. The van der Waals surface area contributed by atoms with Crippen molar-refractivity contribution in [2.24, 2.45) is 9.98 Å². The highest BCUT2D eigenvalue weighted by atomic mass is 27.1. The molecule has 11 heteroatoms. The van der Waals surface area contributed by atoms with E-state index in [9.17, 15) is 26.3 Å². The number of hydrogen-bond donors (Lipinski definition) is 0. The van der Waals surface area contributed by atoms with Gasteiger partial charge in [0.25, 0.3) is 0 Å². The summed E-state index contributed by atoms with van der Waals surface area (Å²) in [4.78, 5) is 10.5. The minimum absolute atomic E-state index is 0.572. The first-order chi connectivity index (χ1) is 28.3. The molecule has 2 aromatic heterocycles. The molecule has 0 radical (unpaired) electrons. The van der Waals surface area contributed by atoms with E-state index in [0.717, 1.165) is 79.8 Å². The van der Waals surface area contributed by atoms with Crippen LogP contribution in [0.5, 0.6) is 0 Å². The number of benzene rings is 4. The van der Waals surface area contributed by atoms with Crippen molar-refractivity contribution in [1.82, 2.24) is 7.10 Å². The number of hydrogen-bond acceptors (Lipinski definition) is 2. The van der Waals surface area contributed by atoms with E-state index >= 15 is 0 Å². The van der Waals surface area contributed by atoms with E-state index in [0.29, 0.717) is 45.1 Å². The van der Waals surface area contributed by atoms with Gasteiger partial charge in [0.1, 0.15) is 0 Å². The zero-order chi connectivity index (χ0) is 40.8. The van der Waals surface area contributed by atoms with Gasteiger partial charge in [-0.25, -0.2) is 9.98 Å². The highest BCUT2D eigenvalue weighted by Crippen LogP contribution is 2.40. The van der Waals surface area contributed by atoms with Gasteiger partial charge in [-0.3, -0.25) is 0 Å². The second kappa shape index (κ2) is 13.6. The number of alkyl halides is 6. The van der Waals surface area contributed by atoms with Crippen LogP contribution < -0.4 is 10.7 Å². The molecule has 0 aliphatic carbocycles. The van der Waals surface area contributed by atoms with Crippen molar-refractivity contribution in [2.75, 3.05) is 0 Å². The van der Waals surface area contributed by atoms with Gasteiger partial charge in [-0.15, -0.1) is 0 Å². The third-order valence-electron chi connectivity index (χ3n) is 11.3. The first-order valence-electron chi connectivity index (χ1n) is 19.0. The van der Waals surface area contributed by atoms with Crippen LogP contribution in [0.4, 0.5) is 26.3 Å². The van der Waals surface area contributed by atoms with Crippen molar-refractivity contribution in [3.8, 4) is 0 Å². The maximum Gasteiger partial charge on any atom is 0.558 e. The Labute approximate surface area is 341 Å². The van der Waals surface area contributed by atoms with Crippen molar-refractivity contribution < 1.29 is 26.3 Å². The summed E-state index contributed by atoms with van der Waals surface area (Å²) >= 11 is -1.72. The smallest absolute Gasteiger partial charge is 0.417 e. The van der Waals surface area contributed by atoms with E-state index in [4.69, 9.17) is 9.98 Å². The number of nitrogens with zero attached hydrogens (tertiary/aromatic N) is 4. The first-order valence-corrected chi connectivity index (χ1v) is 20.2. The molecule has 0 saturated carbocycles. The van der Waals surface area contributed by atoms with Gasteiger partial charge in [0.05, 0.1) is 33.9 Å². The molecular weight excluding hydrogens is 774 g/mol. The molecule has 0 saturated heterocycles. The molecule has 0 amide bonds. The van der Waals surface area contributed by atoms with Crippen LogP contribution in [0, 0.1) is 13.8 Å². The fraction of sp³-hybridized carbons (Fsp3) is 0.0833. The summed E-state index contributed by atoms with van der Waals surface area (Å²) in [6, 6.07) is 34.9. The molecular formula is C48H31AlF6N4. The molecule has 288 valence electrons. The lowest BCUT2D eigenvalue weighted by Crippen LogP contribution is -2.40. The number of aryl methyl sites for hydroxylation is 2. The summed E-state index contributed by atoms with van der Waals surface area (Å²) in [5.41, 5.74) is 10.9. The standard InChI is InChI=1S/C48H30F6N4.Al.H/c1-27-3-7-29(8-4-27)43-35-19-23-39(55-35)45(31-11-15-33(16-12-31)47(49,50)51)41-25-21-37(57-41)44(30-9-5-28(2)6-10-30)38-22-26-42(58-38)46(40-24-20-36(43)56-40)32-13-17-34(18-14-32)48(52,53)54;;/h3-26H,1-2H3;;/q-2;+2;. The van der Waals surface area contributed by atoms with Crippen LogP contribution in [-0.2, 0) is 12.4 Å². The molecule has 0 N–H and O–H groups in total. The second-order valence-electron chi connectivity index (χ2n) is 15.0. The van der Waals surface area contributed by atoms with Crippen LogP contribution in [0.15, 0.2) is 167 Å². The number of allylic oxidation sites excluding steroid dienone is 4. The normalized spacial score (nSPS) is 15.8. The van der Waals surface area contributed by atoms with E-state index in [2.05, 4.69) is 7.10 Å². The van der Waals surface area contributed by atoms with Gasteiger partial charge in [0.2, 0.25) is 0 Å². The van der Waals surface area contributed by atoms with Crippen molar-refractivity contribution in [2.45, 2.75) is 26.2 Å². The molecule has 59 heavy (non-hydrogen) atoms. The fourth-order valence-electron chi connectivity index (χ4n) is 8.34. The molecule has 0 unspecified atom stereocenters. The van der Waals surface area contributed by atoms with Crippen molar-refractivity contribution >= 4 is 49.4 Å². The zero-order valence-corrected chi connectivity index (χ0v) is 33.0. The predicted molar refractivity (Wildman–Crippen MR) is 222 cm³/mol. The largest absolute Gasteiger partial charge is 0.558 e. The van der Waals surface area contributed by atoms with Crippen molar-refractivity contribution in [3.63, 3.8) is 0 Å². The topological polar surface area (TPSA) is 34.6 Å². The van der Waals surface area contributed by atoms with Gasteiger partial charge in [-0.05, 0) is 109 Å². The molecule has 4 aliphatic heterocycles. The number of fused-ring (bicyclic) bond motifs is 2. The first kappa shape index (κ1) is 36.9. The van der Waals surface area contributed by atoms with E-state index in [1.165, 1.54) is 24.3 Å². The van der Waals surface area contributed by atoms with Crippen molar-refractivity contribution in [1.29, 1.82) is 0 Å². The summed E-state index contributed by atoms with van der Waals surface area (Å²) in [6.07, 6.45) is -1.30. The average Bonchev–Trinajstić information content (AvgIpc) is 4.04.